The maximum Gasteiger partial charge on any atom is 0.410 e. The standard InChI is InChI=1S/C21H27FN6O3/c1-13-18(28-9-14-8-25-26(3)16(14)11-28)23-12-24-19(13)30-17-4-7-27(10-15(17)22)20(29)31-21(2)5-6-21/h8,12,15,17H,4-7,9-11H2,1-3H3/t15-,17?/m0/s1. The molecule has 2 atom stereocenters. The summed E-state index contributed by atoms with van der Waals surface area (Å²) in [4.78, 5) is 24.5. The fraction of sp³-hybridized carbons (Fsp3) is 0.619. The largest absolute Gasteiger partial charge is 0.471 e. The number of nitrogens with zero attached hydrogens (tertiary/aromatic N) is 6. The molecule has 1 aliphatic carbocycles. The lowest BCUT2D eigenvalue weighted by Crippen LogP contribution is -2.50. The smallest absolute Gasteiger partial charge is 0.410 e. The zero-order chi connectivity index (χ0) is 21.8. The predicted octanol–water partition coefficient (Wildman–Crippen LogP) is 2.52. The Kier molecular flexibility index (Phi) is 4.75. The van der Waals surface area contributed by atoms with E-state index in [1.807, 2.05) is 31.8 Å². The number of amides is 1. The van der Waals surface area contributed by atoms with Gasteiger partial charge in [-0.3, -0.25) is 4.68 Å². The maximum absolute atomic E-state index is 14.9. The van der Waals surface area contributed by atoms with Crippen LogP contribution >= 0.6 is 0 Å². The predicted molar refractivity (Wildman–Crippen MR) is 109 cm³/mol. The van der Waals surface area contributed by atoms with Crippen molar-refractivity contribution in [1.82, 2.24) is 24.6 Å². The highest BCUT2D eigenvalue weighted by atomic mass is 19.1. The van der Waals surface area contributed by atoms with E-state index in [-0.39, 0.29) is 12.1 Å². The molecule has 166 valence electrons. The number of rotatable bonds is 4. The van der Waals surface area contributed by atoms with Crippen LogP contribution in [0.5, 0.6) is 5.88 Å². The minimum Gasteiger partial charge on any atom is -0.471 e. The summed E-state index contributed by atoms with van der Waals surface area (Å²) >= 11 is 0. The molecule has 9 nitrogen and oxygen atoms in total. The average molecular weight is 430 g/mol. The van der Waals surface area contributed by atoms with Gasteiger partial charge >= 0.3 is 6.09 Å². The van der Waals surface area contributed by atoms with Gasteiger partial charge in [-0.15, -0.1) is 0 Å². The number of hydrogen-bond acceptors (Lipinski definition) is 7. The number of likely N-dealkylation sites (tertiary alicyclic amines) is 1. The molecule has 0 spiro atoms. The molecule has 2 fully saturated rings. The van der Waals surface area contributed by atoms with Crippen molar-refractivity contribution in [3.63, 3.8) is 0 Å². The Hall–Kier alpha value is -2.91. The lowest BCUT2D eigenvalue weighted by Gasteiger charge is -2.34. The molecule has 2 aromatic heterocycles. The number of carbonyl (C=O) groups is 1. The third-order valence-electron chi connectivity index (χ3n) is 6.45. The van der Waals surface area contributed by atoms with Crippen LogP contribution in [0, 0.1) is 6.92 Å². The van der Waals surface area contributed by atoms with E-state index < -0.39 is 18.4 Å². The van der Waals surface area contributed by atoms with Crippen LogP contribution in [0.4, 0.5) is 15.0 Å². The maximum atomic E-state index is 14.9. The second-order valence-corrected chi connectivity index (χ2v) is 8.95. The van der Waals surface area contributed by atoms with Crippen molar-refractivity contribution in [2.24, 2.45) is 7.05 Å². The van der Waals surface area contributed by atoms with Gasteiger partial charge in [0.1, 0.15) is 23.9 Å². The van der Waals surface area contributed by atoms with Crippen LogP contribution in [0.25, 0.3) is 0 Å². The van der Waals surface area contributed by atoms with Gasteiger partial charge in [0.2, 0.25) is 5.88 Å². The minimum atomic E-state index is -1.31. The van der Waals surface area contributed by atoms with Gasteiger partial charge in [0.15, 0.2) is 6.17 Å². The zero-order valence-corrected chi connectivity index (χ0v) is 18.0. The Morgan fingerprint density at radius 1 is 1.29 bits per heavy atom. The number of anilines is 1. The van der Waals surface area contributed by atoms with E-state index in [2.05, 4.69) is 20.0 Å². The van der Waals surface area contributed by atoms with Crippen molar-refractivity contribution in [3.8, 4) is 5.88 Å². The molecule has 31 heavy (non-hydrogen) atoms. The van der Waals surface area contributed by atoms with E-state index in [9.17, 15) is 9.18 Å². The van der Waals surface area contributed by atoms with Crippen molar-refractivity contribution < 1.29 is 18.7 Å². The molecular formula is C21H27FN6O3. The molecule has 1 unspecified atom stereocenters. The van der Waals surface area contributed by atoms with Gasteiger partial charge in [0.05, 0.1) is 30.5 Å². The summed E-state index contributed by atoms with van der Waals surface area (Å²) in [7, 11) is 1.93. The van der Waals surface area contributed by atoms with Crippen LogP contribution < -0.4 is 9.64 Å². The Balaban J connectivity index is 1.24. The summed E-state index contributed by atoms with van der Waals surface area (Å²) in [6, 6.07) is 0. The fourth-order valence-corrected chi connectivity index (χ4v) is 4.18. The molecule has 5 rings (SSSR count). The number of ether oxygens (including phenoxy) is 2. The first kappa shape index (κ1) is 20.0. The second-order valence-electron chi connectivity index (χ2n) is 8.95. The van der Waals surface area contributed by atoms with Gasteiger partial charge in [-0.05, 0) is 26.7 Å². The first-order valence-electron chi connectivity index (χ1n) is 10.7. The molecule has 4 heterocycles. The van der Waals surface area contributed by atoms with Gasteiger partial charge < -0.3 is 19.3 Å². The van der Waals surface area contributed by atoms with Crippen molar-refractivity contribution in [2.45, 2.75) is 64.1 Å². The molecule has 0 radical (unpaired) electrons. The topological polar surface area (TPSA) is 85.6 Å². The molecule has 0 aromatic carbocycles. The van der Waals surface area contributed by atoms with Crippen LogP contribution in [0.3, 0.4) is 0 Å². The van der Waals surface area contributed by atoms with Gasteiger partial charge in [0, 0.05) is 32.1 Å². The number of hydrogen-bond donors (Lipinski definition) is 0. The van der Waals surface area contributed by atoms with E-state index in [0.29, 0.717) is 31.9 Å². The van der Waals surface area contributed by atoms with Crippen LogP contribution in [-0.4, -0.2) is 61.7 Å². The highest BCUT2D eigenvalue weighted by Crippen LogP contribution is 2.39. The van der Waals surface area contributed by atoms with Crippen molar-refractivity contribution in [1.29, 1.82) is 0 Å². The Labute approximate surface area is 180 Å². The van der Waals surface area contributed by atoms with E-state index in [1.54, 1.807) is 0 Å². The molecule has 2 aliphatic heterocycles. The fourth-order valence-electron chi connectivity index (χ4n) is 4.18. The van der Waals surface area contributed by atoms with Crippen LogP contribution in [-0.2, 0) is 24.9 Å². The quantitative estimate of drug-likeness (QED) is 0.737. The molecule has 3 aliphatic rings. The Morgan fingerprint density at radius 2 is 2.10 bits per heavy atom. The number of fused-ring (bicyclic) bond motifs is 1. The summed E-state index contributed by atoms with van der Waals surface area (Å²) < 4.78 is 28.2. The molecule has 0 N–H and O–H groups in total. The third kappa shape index (κ3) is 3.79. The van der Waals surface area contributed by atoms with Gasteiger partial charge in [-0.2, -0.15) is 5.10 Å². The average Bonchev–Trinajstić information content (AvgIpc) is 3.16. The van der Waals surface area contributed by atoms with Gasteiger partial charge in [0.25, 0.3) is 0 Å². The Bertz CT molecular complexity index is 1010. The van der Waals surface area contributed by atoms with E-state index in [0.717, 1.165) is 29.9 Å². The molecule has 1 amide bonds. The Morgan fingerprint density at radius 3 is 2.81 bits per heavy atom. The summed E-state index contributed by atoms with van der Waals surface area (Å²) in [6.45, 7) is 5.57. The van der Waals surface area contributed by atoms with Gasteiger partial charge in [-0.25, -0.2) is 19.2 Å². The minimum absolute atomic E-state index is 0.0367. The summed E-state index contributed by atoms with van der Waals surface area (Å²) in [5.74, 6) is 1.16. The zero-order valence-electron chi connectivity index (χ0n) is 18.0. The van der Waals surface area contributed by atoms with E-state index >= 15 is 0 Å². The number of aryl methyl sites for hydroxylation is 1. The summed E-state index contributed by atoms with van der Waals surface area (Å²) in [6.07, 6.45) is 3.03. The second kappa shape index (κ2) is 7.35. The van der Waals surface area contributed by atoms with Crippen LogP contribution in [0.1, 0.15) is 43.0 Å². The summed E-state index contributed by atoms with van der Waals surface area (Å²) in [5, 5.41) is 4.29. The molecule has 0 bridgehead atoms. The number of carbonyl (C=O) groups excluding carboxylic acids is 1. The normalized spacial score (nSPS) is 24.1. The first-order chi connectivity index (χ1) is 14.8. The highest BCUT2D eigenvalue weighted by Gasteiger charge is 2.44. The van der Waals surface area contributed by atoms with Crippen LogP contribution in [0.15, 0.2) is 12.5 Å². The summed E-state index contributed by atoms with van der Waals surface area (Å²) in [5.41, 5.74) is 2.74. The number of aromatic nitrogens is 4. The third-order valence-corrected chi connectivity index (χ3v) is 6.45. The molecule has 2 aromatic rings. The lowest BCUT2D eigenvalue weighted by atomic mass is 10.1. The van der Waals surface area contributed by atoms with Crippen molar-refractivity contribution >= 4 is 11.9 Å². The first-order valence-corrected chi connectivity index (χ1v) is 10.7. The van der Waals surface area contributed by atoms with Crippen LogP contribution in [0.2, 0.25) is 0 Å². The van der Waals surface area contributed by atoms with E-state index in [4.69, 9.17) is 9.47 Å². The lowest BCUT2D eigenvalue weighted by molar-refractivity contribution is 0.00202. The molecule has 1 saturated heterocycles. The molecular weight excluding hydrogens is 403 g/mol. The molecule has 10 heteroatoms. The number of alkyl halides is 1. The van der Waals surface area contributed by atoms with Crippen molar-refractivity contribution in [3.05, 3.63) is 29.3 Å². The number of piperidine rings is 1. The van der Waals surface area contributed by atoms with Crippen molar-refractivity contribution in [2.75, 3.05) is 18.0 Å². The number of halogens is 1. The molecule has 1 saturated carbocycles. The monoisotopic (exact) mass is 430 g/mol. The highest BCUT2D eigenvalue weighted by molar-refractivity contribution is 5.68. The SMILES string of the molecule is Cc1c(OC2CCN(C(=O)OC3(C)CC3)C[C@@H]2F)ncnc1N1Cc2cnn(C)c2C1. The van der Waals surface area contributed by atoms with Gasteiger partial charge in [-0.1, -0.05) is 0 Å². The van der Waals surface area contributed by atoms with E-state index in [1.165, 1.54) is 16.8 Å².